The number of ether oxygens (including phenoxy) is 1. The average molecular weight is 182 g/mol. The Morgan fingerprint density at radius 1 is 1.64 bits per heavy atom. The van der Waals surface area contributed by atoms with E-state index in [0.717, 1.165) is 6.92 Å². The topological polar surface area (TPSA) is 83.8 Å². The lowest BCUT2D eigenvalue weighted by Gasteiger charge is -2.15. The highest BCUT2D eigenvalue weighted by molar-refractivity contribution is 7.52. The van der Waals surface area contributed by atoms with Gasteiger partial charge < -0.3 is 14.5 Å². The van der Waals surface area contributed by atoms with Gasteiger partial charge in [-0.05, 0) is 6.42 Å². The predicted molar refractivity (Wildman–Crippen MR) is 37.9 cm³/mol. The molecule has 0 aliphatic carbocycles. The summed E-state index contributed by atoms with van der Waals surface area (Å²) in [7, 11) is -4.27. The minimum Gasteiger partial charge on any atom is -0.450 e. The lowest BCUT2D eigenvalue weighted by atomic mass is 10.5. The highest BCUT2D eigenvalue weighted by Gasteiger charge is 2.29. The maximum absolute atomic E-state index is 10.5. The van der Waals surface area contributed by atoms with Crippen molar-refractivity contribution in [2.24, 2.45) is 0 Å². The third-order valence-corrected chi connectivity index (χ3v) is 2.25. The van der Waals surface area contributed by atoms with Crippen LogP contribution in [-0.4, -0.2) is 21.6 Å². The molecule has 0 aromatic rings. The molecule has 0 aromatic heterocycles. The van der Waals surface area contributed by atoms with Gasteiger partial charge in [0.25, 0.3) is 0 Å². The first-order valence-corrected chi connectivity index (χ1v) is 4.78. The molecule has 0 bridgehead atoms. The van der Waals surface area contributed by atoms with Gasteiger partial charge in [-0.25, -0.2) is 0 Å². The van der Waals surface area contributed by atoms with Crippen molar-refractivity contribution in [3.63, 3.8) is 0 Å². The van der Waals surface area contributed by atoms with Gasteiger partial charge in [0.05, 0.1) is 0 Å². The summed E-state index contributed by atoms with van der Waals surface area (Å²) in [5.74, 6) is -1.97. The van der Waals surface area contributed by atoms with E-state index < -0.39 is 19.4 Å². The molecule has 0 saturated carbocycles. The van der Waals surface area contributed by atoms with Crippen molar-refractivity contribution in [1.82, 2.24) is 0 Å². The summed E-state index contributed by atoms with van der Waals surface area (Å²) in [4.78, 5) is 27.4. The zero-order valence-electron chi connectivity index (χ0n) is 6.35. The van der Waals surface area contributed by atoms with E-state index in [0.29, 0.717) is 0 Å². The molecule has 2 N–H and O–H groups in total. The lowest BCUT2D eigenvalue weighted by molar-refractivity contribution is -0.143. The third kappa shape index (κ3) is 4.14. The molecule has 0 radical (unpaired) electrons. The minimum atomic E-state index is -4.27. The molecule has 0 aromatic carbocycles. The Labute approximate surface area is 64.5 Å². The second-order valence-electron chi connectivity index (χ2n) is 2.06. The Bertz CT molecular complexity index is 183. The molecule has 66 valence electrons. The molecule has 5 nitrogen and oxygen atoms in total. The van der Waals surface area contributed by atoms with Gasteiger partial charge in [-0.3, -0.25) is 9.36 Å². The highest BCUT2D eigenvalue weighted by Crippen LogP contribution is 2.43. The lowest BCUT2D eigenvalue weighted by Crippen LogP contribution is -2.15. The normalized spacial score (nSPS) is 14.2. The maximum Gasteiger partial charge on any atom is 0.365 e. The standard InChI is InChI=1S/C5H11O5P/c1-3-5(10-4(2)6)11(7,8)9/h5H,3H2,1-2H3,(H2,7,8,9). The van der Waals surface area contributed by atoms with Crippen molar-refractivity contribution < 1.29 is 23.9 Å². The summed E-state index contributed by atoms with van der Waals surface area (Å²) in [6.45, 7) is 2.64. The summed E-state index contributed by atoms with van der Waals surface area (Å²) in [5.41, 5.74) is 0. The molecule has 1 atom stereocenters. The number of hydrogen-bond donors (Lipinski definition) is 2. The van der Waals surface area contributed by atoms with E-state index >= 15 is 0 Å². The summed E-state index contributed by atoms with van der Waals surface area (Å²) in [5, 5.41) is 0. The number of rotatable bonds is 3. The molecule has 0 aliphatic heterocycles. The molecule has 1 unspecified atom stereocenters. The zero-order chi connectivity index (χ0) is 9.07. The van der Waals surface area contributed by atoms with E-state index in [9.17, 15) is 9.36 Å². The van der Waals surface area contributed by atoms with Crippen molar-refractivity contribution >= 4 is 13.6 Å². The second-order valence-corrected chi connectivity index (χ2v) is 3.82. The number of carbonyl (C=O) groups excluding carboxylic acids is 1. The first-order chi connectivity index (χ1) is 4.88. The highest BCUT2D eigenvalue weighted by atomic mass is 31.2. The van der Waals surface area contributed by atoms with Crippen LogP contribution in [0.15, 0.2) is 0 Å². The van der Waals surface area contributed by atoms with Gasteiger partial charge in [0, 0.05) is 6.92 Å². The van der Waals surface area contributed by atoms with Crippen molar-refractivity contribution in [2.45, 2.75) is 26.1 Å². The average Bonchev–Trinajstić information content (AvgIpc) is 1.79. The molecule has 0 heterocycles. The monoisotopic (exact) mass is 182 g/mol. The van der Waals surface area contributed by atoms with Crippen LogP contribution in [0.4, 0.5) is 0 Å². The van der Waals surface area contributed by atoms with Gasteiger partial charge in [0.15, 0.2) is 0 Å². The van der Waals surface area contributed by atoms with E-state index in [1.54, 1.807) is 0 Å². The molecule has 11 heavy (non-hydrogen) atoms. The van der Waals surface area contributed by atoms with Crippen LogP contribution in [0.5, 0.6) is 0 Å². The molecule has 0 spiro atoms. The fourth-order valence-corrected chi connectivity index (χ4v) is 1.34. The molecular weight excluding hydrogens is 171 g/mol. The van der Waals surface area contributed by atoms with Gasteiger partial charge in [-0.1, -0.05) is 6.92 Å². The number of carbonyl (C=O) groups is 1. The van der Waals surface area contributed by atoms with Crippen molar-refractivity contribution in [3.05, 3.63) is 0 Å². The van der Waals surface area contributed by atoms with Crippen LogP contribution in [-0.2, 0) is 14.1 Å². The SMILES string of the molecule is CCC(OC(C)=O)P(=O)(O)O. The summed E-state index contributed by atoms with van der Waals surface area (Å²) >= 11 is 0. The fourth-order valence-electron chi connectivity index (χ4n) is 0.581. The van der Waals surface area contributed by atoms with Crippen molar-refractivity contribution in [2.75, 3.05) is 0 Å². The molecular formula is C5H11O5P. The molecule has 0 fully saturated rings. The van der Waals surface area contributed by atoms with Gasteiger partial charge in [-0.15, -0.1) is 0 Å². The van der Waals surface area contributed by atoms with E-state index in [1.807, 2.05) is 0 Å². The van der Waals surface area contributed by atoms with E-state index in [2.05, 4.69) is 4.74 Å². The van der Waals surface area contributed by atoms with Crippen LogP contribution in [0, 0.1) is 0 Å². The van der Waals surface area contributed by atoms with Crippen molar-refractivity contribution in [3.8, 4) is 0 Å². The Kier molecular flexibility index (Phi) is 3.72. The second kappa shape index (κ2) is 3.85. The van der Waals surface area contributed by atoms with Crippen LogP contribution in [0.3, 0.4) is 0 Å². The van der Waals surface area contributed by atoms with Gasteiger partial charge in [0.2, 0.25) is 5.85 Å². The van der Waals surface area contributed by atoms with E-state index in [4.69, 9.17) is 9.79 Å². The van der Waals surface area contributed by atoms with E-state index in [-0.39, 0.29) is 6.42 Å². The first-order valence-electron chi connectivity index (χ1n) is 3.10. The molecule has 0 saturated heterocycles. The Hall–Kier alpha value is -0.380. The van der Waals surface area contributed by atoms with Crippen LogP contribution in [0.25, 0.3) is 0 Å². The Morgan fingerprint density at radius 2 is 2.09 bits per heavy atom. The van der Waals surface area contributed by atoms with Gasteiger partial charge in [-0.2, -0.15) is 0 Å². The summed E-state index contributed by atoms with van der Waals surface area (Å²) < 4.78 is 14.9. The summed E-state index contributed by atoms with van der Waals surface area (Å²) in [6, 6.07) is 0. The van der Waals surface area contributed by atoms with Crippen LogP contribution < -0.4 is 0 Å². The fraction of sp³-hybridized carbons (Fsp3) is 0.800. The Morgan fingerprint density at radius 3 is 2.18 bits per heavy atom. The molecule has 0 rings (SSSR count). The first kappa shape index (κ1) is 10.6. The number of hydrogen-bond acceptors (Lipinski definition) is 3. The van der Waals surface area contributed by atoms with Crippen LogP contribution >= 0.6 is 7.60 Å². The maximum atomic E-state index is 10.5. The molecule has 6 heteroatoms. The van der Waals surface area contributed by atoms with Crippen LogP contribution in [0.1, 0.15) is 20.3 Å². The van der Waals surface area contributed by atoms with Gasteiger partial charge in [0.1, 0.15) is 0 Å². The largest absolute Gasteiger partial charge is 0.450 e. The minimum absolute atomic E-state index is 0.115. The predicted octanol–water partition coefficient (Wildman–Crippen LogP) is 0.463. The van der Waals surface area contributed by atoms with Crippen molar-refractivity contribution in [1.29, 1.82) is 0 Å². The quantitative estimate of drug-likeness (QED) is 0.489. The zero-order valence-corrected chi connectivity index (χ0v) is 7.25. The molecule has 0 amide bonds. The summed E-state index contributed by atoms with van der Waals surface area (Å²) in [6.07, 6.45) is 0.115. The van der Waals surface area contributed by atoms with E-state index in [1.165, 1.54) is 6.92 Å². The van der Waals surface area contributed by atoms with Crippen LogP contribution in [0.2, 0.25) is 0 Å². The molecule has 0 aliphatic rings. The smallest absolute Gasteiger partial charge is 0.365 e. The Balaban J connectivity index is 4.19. The third-order valence-electron chi connectivity index (χ3n) is 1.03. The van der Waals surface area contributed by atoms with Gasteiger partial charge >= 0.3 is 13.6 Å². The number of esters is 1.